The van der Waals surface area contributed by atoms with Gasteiger partial charge in [-0.05, 0) is 23.8 Å². The Balaban J connectivity index is 2.14. The predicted molar refractivity (Wildman–Crippen MR) is 67.8 cm³/mol. The first-order valence-electron chi connectivity index (χ1n) is 5.38. The molecule has 0 atom stereocenters. The molecule has 0 aliphatic carbocycles. The van der Waals surface area contributed by atoms with Gasteiger partial charge in [0.2, 0.25) is 0 Å². The Hall–Kier alpha value is -2.50. The molecule has 0 bridgehead atoms. The average Bonchev–Trinajstić information content (AvgIpc) is 2.89. The molecule has 18 heavy (non-hydrogen) atoms. The fraction of sp³-hybridized carbons (Fsp3) is 0.167. The summed E-state index contributed by atoms with van der Waals surface area (Å²) in [6.45, 7) is 0.604. The second-order valence-corrected chi connectivity index (χ2v) is 3.72. The van der Waals surface area contributed by atoms with Crippen LogP contribution in [-0.2, 0) is 6.54 Å². The molecular formula is C12H13N3O3. The molecule has 1 aromatic carbocycles. The summed E-state index contributed by atoms with van der Waals surface area (Å²) in [5.74, 6) is 0.257. The van der Waals surface area contributed by atoms with Crippen molar-refractivity contribution in [2.45, 2.75) is 6.54 Å². The van der Waals surface area contributed by atoms with E-state index in [0.717, 1.165) is 5.56 Å². The lowest BCUT2D eigenvalue weighted by molar-refractivity contribution is -0.385. The summed E-state index contributed by atoms with van der Waals surface area (Å²) < 4.78 is 4.94. The average molecular weight is 247 g/mol. The number of nitrogens with one attached hydrogen (secondary N) is 2. The Labute approximate surface area is 104 Å². The first-order valence-corrected chi connectivity index (χ1v) is 5.38. The lowest BCUT2D eigenvalue weighted by atomic mass is 10.2. The van der Waals surface area contributed by atoms with E-state index in [4.69, 9.17) is 4.74 Å². The molecule has 6 nitrogen and oxygen atoms in total. The van der Waals surface area contributed by atoms with Crippen molar-refractivity contribution in [2.24, 2.45) is 0 Å². The molecule has 0 spiro atoms. The van der Waals surface area contributed by atoms with Crippen LogP contribution in [0.5, 0.6) is 5.75 Å². The highest BCUT2D eigenvalue weighted by Gasteiger charge is 2.14. The highest BCUT2D eigenvalue weighted by atomic mass is 16.6. The molecular weight excluding hydrogens is 234 g/mol. The third kappa shape index (κ3) is 2.60. The second kappa shape index (κ2) is 5.22. The number of nitro groups is 1. The molecule has 94 valence electrons. The Morgan fingerprint density at radius 2 is 2.28 bits per heavy atom. The Bertz CT molecular complexity index is 538. The maximum atomic E-state index is 10.9. The fourth-order valence-electron chi connectivity index (χ4n) is 1.62. The fourth-order valence-corrected chi connectivity index (χ4v) is 1.62. The molecule has 1 heterocycles. The number of aromatic nitrogens is 1. The lowest BCUT2D eigenvalue weighted by Gasteiger charge is -2.07. The van der Waals surface area contributed by atoms with Gasteiger partial charge in [-0.3, -0.25) is 10.1 Å². The molecule has 1 aromatic heterocycles. The van der Waals surface area contributed by atoms with Crippen molar-refractivity contribution in [3.05, 3.63) is 52.3 Å². The van der Waals surface area contributed by atoms with Crippen LogP contribution in [-0.4, -0.2) is 17.0 Å². The van der Waals surface area contributed by atoms with Crippen molar-refractivity contribution in [1.29, 1.82) is 0 Å². The standard InChI is InChI=1S/C12H13N3O3/c1-18-12-3-2-10(6-11(12)15(16)17)14-8-9-4-5-13-7-9/h2-7,13-14H,8H2,1H3. The van der Waals surface area contributed by atoms with E-state index in [0.29, 0.717) is 12.2 Å². The summed E-state index contributed by atoms with van der Waals surface area (Å²) in [5.41, 5.74) is 1.72. The monoisotopic (exact) mass is 247 g/mol. The predicted octanol–water partition coefficient (Wildman–Crippen LogP) is 2.54. The molecule has 2 aromatic rings. The van der Waals surface area contributed by atoms with E-state index >= 15 is 0 Å². The van der Waals surface area contributed by atoms with E-state index in [1.807, 2.05) is 18.5 Å². The van der Waals surface area contributed by atoms with E-state index in [9.17, 15) is 10.1 Å². The normalized spacial score (nSPS) is 10.1. The highest BCUT2D eigenvalue weighted by molar-refractivity contribution is 5.58. The first kappa shape index (κ1) is 12.0. The number of hydrogen-bond acceptors (Lipinski definition) is 4. The van der Waals surface area contributed by atoms with Crippen LogP contribution >= 0.6 is 0 Å². The van der Waals surface area contributed by atoms with Crippen molar-refractivity contribution >= 4 is 11.4 Å². The molecule has 0 fully saturated rings. The van der Waals surface area contributed by atoms with Crippen LogP contribution in [0.3, 0.4) is 0 Å². The van der Waals surface area contributed by atoms with Gasteiger partial charge in [0.25, 0.3) is 0 Å². The molecule has 0 unspecified atom stereocenters. The molecule has 0 aliphatic rings. The minimum Gasteiger partial charge on any atom is -0.490 e. The van der Waals surface area contributed by atoms with E-state index in [1.165, 1.54) is 13.2 Å². The lowest BCUT2D eigenvalue weighted by Crippen LogP contribution is -2.00. The van der Waals surface area contributed by atoms with Gasteiger partial charge >= 0.3 is 5.69 Å². The SMILES string of the molecule is COc1ccc(NCc2cc[nH]c2)cc1[N+](=O)[O-]. The van der Waals surface area contributed by atoms with Gasteiger partial charge in [-0.2, -0.15) is 0 Å². The second-order valence-electron chi connectivity index (χ2n) is 3.72. The topological polar surface area (TPSA) is 80.2 Å². The number of methoxy groups -OCH3 is 1. The van der Waals surface area contributed by atoms with Crippen molar-refractivity contribution in [3.63, 3.8) is 0 Å². The summed E-state index contributed by atoms with van der Waals surface area (Å²) in [6, 6.07) is 6.73. The zero-order valence-electron chi connectivity index (χ0n) is 9.84. The van der Waals surface area contributed by atoms with Crippen molar-refractivity contribution in [2.75, 3.05) is 12.4 Å². The van der Waals surface area contributed by atoms with Crippen LogP contribution in [0.25, 0.3) is 0 Å². The molecule has 0 amide bonds. The van der Waals surface area contributed by atoms with Gasteiger partial charge < -0.3 is 15.0 Å². The Morgan fingerprint density at radius 1 is 1.44 bits per heavy atom. The summed E-state index contributed by atoms with van der Waals surface area (Å²) in [5, 5.41) is 14.0. The molecule has 0 aliphatic heterocycles. The molecule has 0 saturated heterocycles. The van der Waals surface area contributed by atoms with Gasteiger partial charge in [0, 0.05) is 30.7 Å². The number of benzene rings is 1. The van der Waals surface area contributed by atoms with Crippen LogP contribution in [0.1, 0.15) is 5.56 Å². The Morgan fingerprint density at radius 3 is 2.89 bits per heavy atom. The third-order valence-corrected chi connectivity index (χ3v) is 2.53. The smallest absolute Gasteiger partial charge is 0.312 e. The van der Waals surface area contributed by atoms with E-state index < -0.39 is 4.92 Å². The summed E-state index contributed by atoms with van der Waals surface area (Å²) in [7, 11) is 1.41. The third-order valence-electron chi connectivity index (χ3n) is 2.53. The van der Waals surface area contributed by atoms with E-state index in [2.05, 4.69) is 10.3 Å². The quantitative estimate of drug-likeness (QED) is 0.628. The van der Waals surface area contributed by atoms with Gasteiger partial charge in [0.1, 0.15) is 0 Å². The Kier molecular flexibility index (Phi) is 3.47. The summed E-state index contributed by atoms with van der Waals surface area (Å²) >= 11 is 0. The van der Waals surface area contributed by atoms with Crippen molar-refractivity contribution in [1.82, 2.24) is 4.98 Å². The van der Waals surface area contributed by atoms with Crippen LogP contribution in [0.2, 0.25) is 0 Å². The first-order chi connectivity index (χ1) is 8.70. The number of anilines is 1. The summed E-state index contributed by atoms with van der Waals surface area (Å²) in [6.07, 6.45) is 3.69. The van der Waals surface area contributed by atoms with Gasteiger partial charge in [0.15, 0.2) is 5.75 Å². The molecule has 0 saturated carbocycles. The zero-order chi connectivity index (χ0) is 13.0. The van der Waals surface area contributed by atoms with Crippen LogP contribution in [0, 0.1) is 10.1 Å². The number of nitrogens with zero attached hydrogens (tertiary/aromatic N) is 1. The van der Waals surface area contributed by atoms with Crippen LogP contribution in [0.4, 0.5) is 11.4 Å². The van der Waals surface area contributed by atoms with Gasteiger partial charge in [0.05, 0.1) is 12.0 Å². The number of aromatic amines is 1. The number of hydrogen-bond donors (Lipinski definition) is 2. The van der Waals surface area contributed by atoms with Gasteiger partial charge in [-0.25, -0.2) is 0 Å². The maximum absolute atomic E-state index is 10.9. The minimum atomic E-state index is -0.458. The minimum absolute atomic E-state index is 0.0448. The van der Waals surface area contributed by atoms with Crippen LogP contribution < -0.4 is 10.1 Å². The van der Waals surface area contributed by atoms with Crippen molar-refractivity contribution < 1.29 is 9.66 Å². The molecule has 0 radical (unpaired) electrons. The van der Waals surface area contributed by atoms with Gasteiger partial charge in [-0.1, -0.05) is 0 Å². The van der Waals surface area contributed by atoms with Gasteiger partial charge in [-0.15, -0.1) is 0 Å². The van der Waals surface area contributed by atoms with Crippen LogP contribution in [0.15, 0.2) is 36.7 Å². The number of nitro benzene ring substituents is 1. The molecule has 2 rings (SSSR count). The summed E-state index contributed by atoms with van der Waals surface area (Å²) in [4.78, 5) is 13.3. The zero-order valence-corrected chi connectivity index (χ0v) is 9.84. The van der Waals surface area contributed by atoms with E-state index in [1.54, 1.807) is 12.1 Å². The number of H-pyrrole nitrogens is 1. The number of ether oxygens (including phenoxy) is 1. The number of rotatable bonds is 5. The van der Waals surface area contributed by atoms with Crippen molar-refractivity contribution in [3.8, 4) is 5.75 Å². The molecule has 6 heteroatoms. The van der Waals surface area contributed by atoms with E-state index in [-0.39, 0.29) is 11.4 Å². The maximum Gasteiger partial charge on any atom is 0.312 e. The largest absolute Gasteiger partial charge is 0.490 e. The highest BCUT2D eigenvalue weighted by Crippen LogP contribution is 2.29. The molecule has 2 N–H and O–H groups in total.